The average Bonchev–Trinajstić information content (AvgIpc) is 2.42. The zero-order chi connectivity index (χ0) is 16.0. The number of hydrogen-bond acceptors (Lipinski definition) is 5. The van der Waals surface area contributed by atoms with Crippen molar-refractivity contribution < 1.29 is 24.3 Å². The number of carbonyl (C=O) groups excluding carboxylic acids is 3. The molecule has 1 N–H and O–H groups in total. The van der Waals surface area contributed by atoms with Gasteiger partial charge in [0.2, 0.25) is 0 Å². The lowest BCUT2D eigenvalue weighted by Crippen LogP contribution is -2.21. The van der Waals surface area contributed by atoms with Gasteiger partial charge in [-0.05, 0) is 44.2 Å². The van der Waals surface area contributed by atoms with Crippen LogP contribution in [0.4, 0.5) is 0 Å². The lowest BCUT2D eigenvalue weighted by Gasteiger charge is -2.09. The van der Waals surface area contributed by atoms with E-state index in [1.807, 2.05) is 0 Å². The van der Waals surface area contributed by atoms with Crippen LogP contribution < -0.4 is 0 Å². The van der Waals surface area contributed by atoms with E-state index in [0.717, 1.165) is 23.9 Å². The van der Waals surface area contributed by atoms with E-state index in [9.17, 15) is 19.2 Å². The lowest BCUT2D eigenvalue weighted by atomic mass is 10.1. The number of rotatable bonds is 7. The van der Waals surface area contributed by atoms with Crippen LogP contribution in [-0.4, -0.2) is 33.7 Å². The third-order valence-electron chi connectivity index (χ3n) is 2.51. The predicted octanol–water partition coefficient (Wildman–Crippen LogP) is 2.15. The van der Waals surface area contributed by atoms with Gasteiger partial charge in [-0.25, -0.2) is 4.79 Å². The number of aliphatic carboxylic acids is 1. The standard InChI is InChI=1S/C15H14O5S/c1-9(16)15(10(2)17)21-12-5-3-11(4-6-12)13(18)7-8-14(19)20/h3-8,15H,1-2H3,(H,19,20)/b8-7+. The number of carboxylic acids is 1. The maximum atomic E-state index is 11.6. The van der Waals surface area contributed by atoms with Crippen LogP contribution in [0.2, 0.25) is 0 Å². The van der Waals surface area contributed by atoms with E-state index in [0.29, 0.717) is 10.5 Å². The summed E-state index contributed by atoms with van der Waals surface area (Å²) in [6, 6.07) is 6.28. The SMILES string of the molecule is CC(=O)C(Sc1ccc(C(=O)/C=C/C(=O)O)cc1)C(C)=O. The van der Waals surface area contributed by atoms with E-state index < -0.39 is 17.0 Å². The van der Waals surface area contributed by atoms with E-state index in [4.69, 9.17) is 5.11 Å². The van der Waals surface area contributed by atoms with Crippen LogP contribution in [0, 0.1) is 0 Å². The molecule has 0 atom stereocenters. The molecule has 0 unspecified atom stereocenters. The Balaban J connectivity index is 2.83. The molecule has 110 valence electrons. The Morgan fingerprint density at radius 1 is 1.00 bits per heavy atom. The van der Waals surface area contributed by atoms with Crippen LogP contribution >= 0.6 is 11.8 Å². The fourth-order valence-corrected chi connectivity index (χ4v) is 2.43. The molecular formula is C15H14O5S. The van der Waals surface area contributed by atoms with Gasteiger partial charge >= 0.3 is 5.97 Å². The molecule has 0 radical (unpaired) electrons. The van der Waals surface area contributed by atoms with Gasteiger partial charge in [-0.1, -0.05) is 0 Å². The van der Waals surface area contributed by atoms with E-state index in [-0.39, 0.29) is 11.6 Å². The second kappa shape index (κ2) is 7.54. The Labute approximate surface area is 126 Å². The van der Waals surface area contributed by atoms with Gasteiger partial charge < -0.3 is 5.11 Å². The summed E-state index contributed by atoms with van der Waals surface area (Å²) < 4.78 is 0. The molecule has 0 aliphatic heterocycles. The van der Waals surface area contributed by atoms with Gasteiger partial charge in [0.25, 0.3) is 0 Å². The zero-order valence-electron chi connectivity index (χ0n) is 11.5. The van der Waals surface area contributed by atoms with Crippen LogP contribution in [0.5, 0.6) is 0 Å². The van der Waals surface area contributed by atoms with Crippen molar-refractivity contribution in [2.75, 3.05) is 0 Å². The topological polar surface area (TPSA) is 88.5 Å². The molecule has 0 saturated carbocycles. The highest BCUT2D eigenvalue weighted by Gasteiger charge is 2.20. The third-order valence-corrected chi connectivity index (χ3v) is 3.95. The second-order valence-corrected chi connectivity index (χ2v) is 5.46. The number of carboxylic acid groups (broad SMARTS) is 1. The van der Waals surface area contributed by atoms with E-state index in [1.165, 1.54) is 26.0 Å². The molecule has 0 heterocycles. The minimum atomic E-state index is -1.19. The normalized spacial score (nSPS) is 10.8. The molecule has 1 aromatic carbocycles. The zero-order valence-corrected chi connectivity index (χ0v) is 12.3. The Kier molecular flexibility index (Phi) is 6.05. The highest BCUT2D eigenvalue weighted by atomic mass is 32.2. The molecule has 21 heavy (non-hydrogen) atoms. The molecule has 0 saturated heterocycles. The highest BCUT2D eigenvalue weighted by molar-refractivity contribution is 8.01. The molecule has 0 spiro atoms. The quantitative estimate of drug-likeness (QED) is 0.359. The molecule has 0 aliphatic rings. The van der Waals surface area contributed by atoms with Crippen molar-refractivity contribution in [3.05, 3.63) is 42.0 Å². The van der Waals surface area contributed by atoms with Gasteiger partial charge in [0.15, 0.2) is 17.3 Å². The minimum Gasteiger partial charge on any atom is -0.478 e. The molecule has 1 rings (SSSR count). The summed E-state index contributed by atoms with van der Waals surface area (Å²) in [6.07, 6.45) is 1.74. The molecule has 0 aliphatic carbocycles. The van der Waals surface area contributed by atoms with Gasteiger partial charge in [0.1, 0.15) is 5.25 Å². The molecule has 6 heteroatoms. The number of carbonyl (C=O) groups is 4. The Hall–Kier alpha value is -2.21. The predicted molar refractivity (Wildman–Crippen MR) is 78.6 cm³/mol. The van der Waals surface area contributed by atoms with Crippen molar-refractivity contribution >= 4 is 35.1 Å². The summed E-state index contributed by atoms with van der Waals surface area (Å²) in [6.45, 7) is 2.71. The number of allylic oxidation sites excluding steroid dienone is 1. The smallest absolute Gasteiger partial charge is 0.328 e. The Morgan fingerprint density at radius 2 is 1.52 bits per heavy atom. The number of Topliss-reactive ketones (excluding diaryl/α,β-unsaturated/α-hetero) is 2. The Morgan fingerprint density at radius 3 is 1.95 bits per heavy atom. The van der Waals surface area contributed by atoms with Crippen molar-refractivity contribution in [1.82, 2.24) is 0 Å². The van der Waals surface area contributed by atoms with Crippen LogP contribution in [0.25, 0.3) is 0 Å². The summed E-state index contributed by atoms with van der Waals surface area (Å²) in [5.74, 6) is -2.07. The summed E-state index contributed by atoms with van der Waals surface area (Å²) in [5.41, 5.74) is 0.332. The molecule has 0 aromatic heterocycles. The Bertz CT molecular complexity index is 587. The summed E-state index contributed by atoms with van der Waals surface area (Å²) >= 11 is 1.12. The van der Waals surface area contributed by atoms with E-state index >= 15 is 0 Å². The van der Waals surface area contributed by atoms with Gasteiger partial charge in [0, 0.05) is 16.5 Å². The van der Waals surface area contributed by atoms with Crippen LogP contribution in [-0.2, 0) is 14.4 Å². The fourth-order valence-electron chi connectivity index (χ4n) is 1.53. The largest absolute Gasteiger partial charge is 0.478 e. The summed E-state index contributed by atoms with van der Waals surface area (Å²) in [5, 5.41) is 7.70. The van der Waals surface area contributed by atoms with Crippen molar-refractivity contribution in [1.29, 1.82) is 0 Å². The minimum absolute atomic E-state index is 0.225. The number of thioether (sulfide) groups is 1. The van der Waals surface area contributed by atoms with Gasteiger partial charge in [0.05, 0.1) is 0 Å². The fraction of sp³-hybridized carbons (Fsp3) is 0.200. The van der Waals surface area contributed by atoms with Gasteiger partial charge in [-0.2, -0.15) is 0 Å². The number of ketones is 3. The van der Waals surface area contributed by atoms with Crippen LogP contribution in [0.1, 0.15) is 24.2 Å². The van der Waals surface area contributed by atoms with Crippen molar-refractivity contribution in [3.8, 4) is 0 Å². The monoisotopic (exact) mass is 306 g/mol. The van der Waals surface area contributed by atoms with E-state index in [1.54, 1.807) is 12.1 Å². The first-order chi connectivity index (χ1) is 9.81. The van der Waals surface area contributed by atoms with Crippen molar-refractivity contribution in [2.24, 2.45) is 0 Å². The lowest BCUT2D eigenvalue weighted by molar-refractivity contribution is -0.131. The summed E-state index contributed by atoms with van der Waals surface area (Å²) in [4.78, 5) is 45.4. The second-order valence-electron chi connectivity index (χ2n) is 4.28. The molecule has 0 bridgehead atoms. The number of benzene rings is 1. The first-order valence-electron chi connectivity index (χ1n) is 6.04. The molecule has 0 amide bonds. The molecule has 0 fully saturated rings. The van der Waals surface area contributed by atoms with Gasteiger partial charge in [-0.15, -0.1) is 11.8 Å². The maximum absolute atomic E-state index is 11.6. The van der Waals surface area contributed by atoms with Crippen LogP contribution in [0.15, 0.2) is 41.3 Å². The maximum Gasteiger partial charge on any atom is 0.328 e. The number of hydrogen-bond donors (Lipinski definition) is 1. The van der Waals surface area contributed by atoms with E-state index in [2.05, 4.69) is 0 Å². The first-order valence-corrected chi connectivity index (χ1v) is 6.92. The van der Waals surface area contributed by atoms with Crippen LogP contribution in [0.3, 0.4) is 0 Å². The first kappa shape index (κ1) is 16.8. The molecule has 1 aromatic rings. The average molecular weight is 306 g/mol. The summed E-state index contributed by atoms with van der Waals surface area (Å²) in [7, 11) is 0. The molecule has 5 nitrogen and oxygen atoms in total. The molecular weight excluding hydrogens is 292 g/mol. The van der Waals surface area contributed by atoms with Gasteiger partial charge in [-0.3, -0.25) is 14.4 Å². The third kappa shape index (κ3) is 5.35. The highest BCUT2D eigenvalue weighted by Crippen LogP contribution is 2.25. The van der Waals surface area contributed by atoms with Crippen molar-refractivity contribution in [2.45, 2.75) is 24.0 Å². The van der Waals surface area contributed by atoms with Crippen molar-refractivity contribution in [3.63, 3.8) is 0 Å².